The summed E-state index contributed by atoms with van der Waals surface area (Å²) in [4.78, 5) is 11.6. The topological polar surface area (TPSA) is 58.9 Å². The van der Waals surface area contributed by atoms with Gasteiger partial charge in [0.25, 0.3) is 0 Å². The molecule has 3 aromatic rings. The molecule has 6 nitrogen and oxygen atoms in total. The second-order valence-corrected chi connectivity index (χ2v) is 7.79. The molecule has 0 spiro atoms. The Morgan fingerprint density at radius 1 is 1.07 bits per heavy atom. The van der Waals surface area contributed by atoms with Gasteiger partial charge in [0.1, 0.15) is 5.82 Å². The molecule has 0 saturated carbocycles. The van der Waals surface area contributed by atoms with Gasteiger partial charge in [-0.15, -0.1) is 0 Å². The number of rotatable bonds is 5. The van der Waals surface area contributed by atoms with Gasteiger partial charge in [0.15, 0.2) is 5.82 Å². The largest absolute Gasteiger partial charge is 0.366 e. The van der Waals surface area contributed by atoms with Gasteiger partial charge in [0.05, 0.1) is 18.1 Å². The smallest absolute Gasteiger partial charge is 0.174 e. The summed E-state index contributed by atoms with van der Waals surface area (Å²) >= 11 is 0. The maximum Gasteiger partial charge on any atom is 0.174 e. The number of nitrogens with one attached hydrogen (secondary N) is 1. The summed E-state index contributed by atoms with van der Waals surface area (Å²) < 4.78 is 1.85. The third kappa shape index (κ3) is 4.39. The van der Waals surface area contributed by atoms with E-state index in [1.54, 1.807) is 12.4 Å². The van der Waals surface area contributed by atoms with Crippen molar-refractivity contribution in [3.63, 3.8) is 0 Å². The number of hydrogen-bond donors (Lipinski definition) is 1. The molecule has 2 aromatic heterocycles. The average molecular weight is 377 g/mol. The van der Waals surface area contributed by atoms with Crippen LogP contribution in [0.5, 0.6) is 0 Å². The van der Waals surface area contributed by atoms with Gasteiger partial charge in [0, 0.05) is 31.4 Å². The second kappa shape index (κ2) is 8.10. The van der Waals surface area contributed by atoms with Crippen LogP contribution in [0.25, 0.3) is 5.82 Å². The Morgan fingerprint density at radius 3 is 2.61 bits per heavy atom. The van der Waals surface area contributed by atoms with Gasteiger partial charge in [0.2, 0.25) is 0 Å². The van der Waals surface area contributed by atoms with E-state index in [-0.39, 0.29) is 0 Å². The second-order valence-electron chi connectivity index (χ2n) is 7.79. The van der Waals surface area contributed by atoms with Crippen LogP contribution in [0.3, 0.4) is 0 Å². The first kappa shape index (κ1) is 18.6. The van der Waals surface area contributed by atoms with Gasteiger partial charge in [-0.25, -0.2) is 9.67 Å². The zero-order valence-corrected chi connectivity index (χ0v) is 16.9. The van der Waals surface area contributed by atoms with Crippen LogP contribution in [-0.4, -0.2) is 43.8 Å². The van der Waals surface area contributed by atoms with Crippen LogP contribution >= 0.6 is 0 Å². The molecule has 0 unspecified atom stereocenters. The van der Waals surface area contributed by atoms with E-state index < -0.39 is 0 Å². The minimum atomic E-state index is 0.429. The highest BCUT2D eigenvalue weighted by atomic mass is 15.3. The monoisotopic (exact) mass is 376 g/mol. The number of piperidine rings is 1. The highest BCUT2D eigenvalue weighted by Crippen LogP contribution is 2.18. The molecule has 1 N–H and O–H groups in total. The lowest BCUT2D eigenvalue weighted by atomic mass is 10.0. The SMILES string of the molecule is Cc1cccc(CN2CCC(Nc3cncc(-n4nc(C)cc4C)n3)CC2)c1. The molecule has 1 saturated heterocycles. The average Bonchev–Trinajstić information content (AvgIpc) is 3.02. The predicted molar refractivity (Wildman–Crippen MR) is 112 cm³/mol. The molecule has 28 heavy (non-hydrogen) atoms. The van der Waals surface area contributed by atoms with Crippen molar-refractivity contribution >= 4 is 5.82 Å². The quantitative estimate of drug-likeness (QED) is 0.736. The molecular weight excluding hydrogens is 348 g/mol. The van der Waals surface area contributed by atoms with E-state index in [2.05, 4.69) is 51.5 Å². The molecular formula is C22H28N6. The Bertz CT molecular complexity index is 940. The first-order valence-corrected chi connectivity index (χ1v) is 9.97. The van der Waals surface area contributed by atoms with Gasteiger partial charge in [-0.1, -0.05) is 29.8 Å². The van der Waals surface area contributed by atoms with Gasteiger partial charge in [-0.2, -0.15) is 5.10 Å². The highest BCUT2D eigenvalue weighted by molar-refractivity contribution is 5.37. The Balaban J connectivity index is 1.35. The number of nitrogens with zero attached hydrogens (tertiary/aromatic N) is 5. The maximum atomic E-state index is 4.72. The molecule has 0 amide bonds. The van der Waals surface area contributed by atoms with E-state index in [9.17, 15) is 0 Å². The molecule has 0 bridgehead atoms. The van der Waals surface area contributed by atoms with Crippen molar-refractivity contribution in [1.82, 2.24) is 24.6 Å². The Kier molecular flexibility index (Phi) is 5.39. The molecule has 1 aromatic carbocycles. The number of anilines is 1. The van der Waals surface area contributed by atoms with Crippen molar-refractivity contribution in [3.05, 3.63) is 65.2 Å². The van der Waals surface area contributed by atoms with Crippen LogP contribution in [-0.2, 0) is 6.54 Å². The Hall–Kier alpha value is -2.73. The fraction of sp³-hybridized carbons (Fsp3) is 0.409. The van der Waals surface area contributed by atoms with Crippen LogP contribution in [0, 0.1) is 20.8 Å². The van der Waals surface area contributed by atoms with Gasteiger partial charge >= 0.3 is 0 Å². The standard InChI is InChI=1S/C22H28N6/c1-16-5-4-6-19(11-16)15-27-9-7-20(8-10-27)24-21-13-23-14-22(25-21)28-18(3)12-17(2)26-28/h4-6,11-14,20H,7-10,15H2,1-3H3,(H,24,25). The Labute approximate surface area is 166 Å². The molecule has 146 valence electrons. The lowest BCUT2D eigenvalue weighted by molar-refractivity contribution is 0.211. The number of likely N-dealkylation sites (tertiary alicyclic amines) is 1. The zero-order valence-electron chi connectivity index (χ0n) is 16.9. The summed E-state index contributed by atoms with van der Waals surface area (Å²) in [6, 6.07) is 11.3. The van der Waals surface area contributed by atoms with E-state index in [0.29, 0.717) is 6.04 Å². The molecule has 1 aliphatic heterocycles. The number of benzene rings is 1. The van der Waals surface area contributed by atoms with Crippen LogP contribution < -0.4 is 5.32 Å². The van der Waals surface area contributed by atoms with Crippen LogP contribution in [0.4, 0.5) is 5.82 Å². The molecule has 3 heterocycles. The lowest BCUT2D eigenvalue weighted by Crippen LogP contribution is -2.38. The summed E-state index contributed by atoms with van der Waals surface area (Å²) in [6.07, 6.45) is 5.78. The fourth-order valence-corrected chi connectivity index (χ4v) is 3.90. The Morgan fingerprint density at radius 2 is 1.89 bits per heavy atom. The normalized spacial score (nSPS) is 15.7. The third-order valence-corrected chi connectivity index (χ3v) is 5.28. The molecule has 0 radical (unpaired) electrons. The molecule has 6 heteroatoms. The highest BCUT2D eigenvalue weighted by Gasteiger charge is 2.20. The van der Waals surface area contributed by atoms with Crippen molar-refractivity contribution in [2.24, 2.45) is 0 Å². The van der Waals surface area contributed by atoms with Gasteiger partial charge < -0.3 is 5.32 Å². The summed E-state index contributed by atoms with van der Waals surface area (Å²) in [6.45, 7) is 9.39. The van der Waals surface area contributed by atoms with Crippen molar-refractivity contribution in [3.8, 4) is 5.82 Å². The van der Waals surface area contributed by atoms with E-state index >= 15 is 0 Å². The fourth-order valence-electron chi connectivity index (χ4n) is 3.90. The minimum Gasteiger partial charge on any atom is -0.366 e. The van der Waals surface area contributed by atoms with E-state index in [4.69, 9.17) is 4.98 Å². The summed E-state index contributed by atoms with van der Waals surface area (Å²) in [7, 11) is 0. The molecule has 1 fully saturated rings. The minimum absolute atomic E-state index is 0.429. The number of hydrogen-bond acceptors (Lipinski definition) is 5. The summed E-state index contributed by atoms with van der Waals surface area (Å²) in [5.41, 5.74) is 4.78. The molecule has 0 aliphatic carbocycles. The first-order valence-electron chi connectivity index (χ1n) is 9.97. The number of aromatic nitrogens is 4. The molecule has 0 atom stereocenters. The van der Waals surface area contributed by atoms with E-state index in [0.717, 1.165) is 55.5 Å². The predicted octanol–water partition coefficient (Wildman–Crippen LogP) is 3.66. The van der Waals surface area contributed by atoms with Crippen molar-refractivity contribution < 1.29 is 0 Å². The van der Waals surface area contributed by atoms with Crippen molar-refractivity contribution in [2.75, 3.05) is 18.4 Å². The zero-order chi connectivity index (χ0) is 19.5. The lowest BCUT2D eigenvalue weighted by Gasteiger charge is -2.32. The summed E-state index contributed by atoms with van der Waals surface area (Å²) in [5, 5.41) is 8.07. The van der Waals surface area contributed by atoms with Gasteiger partial charge in [-0.3, -0.25) is 9.88 Å². The van der Waals surface area contributed by atoms with E-state index in [1.807, 2.05) is 24.6 Å². The third-order valence-electron chi connectivity index (χ3n) is 5.28. The van der Waals surface area contributed by atoms with Crippen molar-refractivity contribution in [2.45, 2.75) is 46.2 Å². The maximum absolute atomic E-state index is 4.72. The molecule has 4 rings (SSSR count). The van der Waals surface area contributed by atoms with Crippen LogP contribution in [0.2, 0.25) is 0 Å². The van der Waals surface area contributed by atoms with Crippen LogP contribution in [0.15, 0.2) is 42.7 Å². The van der Waals surface area contributed by atoms with Gasteiger partial charge in [-0.05, 0) is 45.2 Å². The van der Waals surface area contributed by atoms with E-state index in [1.165, 1.54) is 11.1 Å². The number of aryl methyl sites for hydroxylation is 3. The van der Waals surface area contributed by atoms with Crippen molar-refractivity contribution in [1.29, 1.82) is 0 Å². The summed E-state index contributed by atoms with van der Waals surface area (Å²) in [5.74, 6) is 1.58. The van der Waals surface area contributed by atoms with Crippen LogP contribution in [0.1, 0.15) is 35.4 Å². The molecule has 1 aliphatic rings. The first-order chi connectivity index (χ1) is 13.6.